The molecule has 0 aliphatic carbocycles. The molecule has 1 aromatic rings. The van der Waals surface area contributed by atoms with Gasteiger partial charge >= 0.3 is 0 Å². The minimum absolute atomic E-state index is 0.475. The smallest absolute Gasteiger partial charge is 0.139 e. The van der Waals surface area contributed by atoms with E-state index >= 15 is 0 Å². The maximum atomic E-state index is 5.18. The molecule has 1 atom stereocenters. The molecule has 1 rings (SSSR count). The third-order valence-electron chi connectivity index (χ3n) is 2.03. The lowest BCUT2D eigenvalue weighted by molar-refractivity contribution is 0.357. The third kappa shape index (κ3) is 2.08. The second-order valence-electron chi connectivity index (χ2n) is 3.06. The van der Waals surface area contributed by atoms with Gasteiger partial charge in [-0.05, 0) is 13.5 Å². The van der Waals surface area contributed by atoms with Gasteiger partial charge in [0, 0.05) is 18.5 Å². The molecule has 68 valence electrons. The Bertz CT molecular complexity index is 232. The second-order valence-corrected chi connectivity index (χ2v) is 3.06. The Hall–Kier alpha value is -0.830. The van der Waals surface area contributed by atoms with Gasteiger partial charge in [0.05, 0.1) is 5.69 Å². The van der Waals surface area contributed by atoms with Crippen LogP contribution in [0.25, 0.3) is 0 Å². The van der Waals surface area contributed by atoms with Gasteiger partial charge in [-0.1, -0.05) is 19.0 Å². The highest BCUT2D eigenvalue weighted by Gasteiger charge is 2.09. The van der Waals surface area contributed by atoms with E-state index in [1.165, 1.54) is 0 Å². The summed E-state index contributed by atoms with van der Waals surface area (Å²) in [5.74, 6) is 1.46. The Morgan fingerprint density at radius 1 is 1.67 bits per heavy atom. The van der Waals surface area contributed by atoms with Crippen molar-refractivity contribution in [2.45, 2.75) is 32.7 Å². The van der Waals surface area contributed by atoms with Crippen LogP contribution in [-0.4, -0.2) is 12.2 Å². The first-order valence-electron chi connectivity index (χ1n) is 4.38. The fourth-order valence-corrected chi connectivity index (χ4v) is 1.03. The maximum Gasteiger partial charge on any atom is 0.139 e. The van der Waals surface area contributed by atoms with Crippen LogP contribution in [0.5, 0.6) is 0 Å². The van der Waals surface area contributed by atoms with Crippen molar-refractivity contribution in [2.24, 2.45) is 0 Å². The van der Waals surface area contributed by atoms with Crippen molar-refractivity contribution >= 4 is 0 Å². The third-order valence-corrected chi connectivity index (χ3v) is 2.03. The van der Waals surface area contributed by atoms with Crippen LogP contribution < -0.4 is 5.32 Å². The lowest BCUT2D eigenvalue weighted by Gasteiger charge is -1.99. The van der Waals surface area contributed by atoms with Crippen LogP contribution in [0.1, 0.15) is 37.6 Å². The van der Waals surface area contributed by atoms with Crippen LogP contribution in [-0.2, 0) is 6.54 Å². The van der Waals surface area contributed by atoms with E-state index in [2.05, 4.69) is 24.3 Å². The molecule has 0 aliphatic heterocycles. The summed E-state index contributed by atoms with van der Waals surface area (Å²) in [7, 11) is 1.90. The van der Waals surface area contributed by atoms with Gasteiger partial charge in [-0.2, -0.15) is 0 Å². The van der Waals surface area contributed by atoms with Gasteiger partial charge in [0.25, 0.3) is 0 Å². The fourth-order valence-electron chi connectivity index (χ4n) is 1.03. The lowest BCUT2D eigenvalue weighted by Crippen LogP contribution is -2.04. The molecule has 0 saturated carbocycles. The van der Waals surface area contributed by atoms with Crippen molar-refractivity contribution in [2.75, 3.05) is 7.05 Å². The van der Waals surface area contributed by atoms with Crippen LogP contribution in [0.15, 0.2) is 10.6 Å². The lowest BCUT2D eigenvalue weighted by atomic mass is 10.1. The first kappa shape index (κ1) is 9.26. The Labute approximate surface area is 73.1 Å². The molecule has 0 spiro atoms. The molecule has 3 nitrogen and oxygen atoms in total. The molecule has 1 unspecified atom stereocenters. The molecular weight excluding hydrogens is 152 g/mol. The summed E-state index contributed by atoms with van der Waals surface area (Å²) < 4.78 is 5.18. The second kappa shape index (κ2) is 4.26. The van der Waals surface area contributed by atoms with Crippen molar-refractivity contribution in [3.05, 3.63) is 17.5 Å². The van der Waals surface area contributed by atoms with Gasteiger partial charge in [-0.25, -0.2) is 0 Å². The highest BCUT2D eigenvalue weighted by molar-refractivity contribution is 5.08. The fraction of sp³-hybridized carbons (Fsp3) is 0.667. The topological polar surface area (TPSA) is 38.1 Å². The van der Waals surface area contributed by atoms with Gasteiger partial charge in [0.15, 0.2) is 0 Å². The molecule has 3 heteroatoms. The highest BCUT2D eigenvalue weighted by Crippen LogP contribution is 2.18. The van der Waals surface area contributed by atoms with Crippen LogP contribution in [0.2, 0.25) is 0 Å². The summed E-state index contributed by atoms with van der Waals surface area (Å²) in [5, 5.41) is 6.97. The molecule has 0 radical (unpaired) electrons. The summed E-state index contributed by atoms with van der Waals surface area (Å²) in [6.07, 6.45) is 1.09. The molecule has 1 N–H and O–H groups in total. The molecular formula is C9H16N2O. The number of nitrogens with one attached hydrogen (secondary N) is 1. The van der Waals surface area contributed by atoms with E-state index in [1.807, 2.05) is 13.1 Å². The van der Waals surface area contributed by atoms with Crippen molar-refractivity contribution in [1.29, 1.82) is 0 Å². The van der Waals surface area contributed by atoms with E-state index < -0.39 is 0 Å². The number of hydrogen-bond donors (Lipinski definition) is 1. The van der Waals surface area contributed by atoms with Crippen LogP contribution in [0.3, 0.4) is 0 Å². The molecule has 1 heterocycles. The Balaban J connectivity index is 2.63. The van der Waals surface area contributed by atoms with Crippen molar-refractivity contribution < 1.29 is 4.52 Å². The Kier molecular flexibility index (Phi) is 3.29. The Morgan fingerprint density at radius 2 is 2.42 bits per heavy atom. The van der Waals surface area contributed by atoms with E-state index in [0.717, 1.165) is 24.4 Å². The van der Waals surface area contributed by atoms with Gasteiger partial charge in [0.2, 0.25) is 0 Å². The normalized spacial score (nSPS) is 13.2. The maximum absolute atomic E-state index is 5.18. The largest absolute Gasteiger partial charge is 0.361 e. The molecule has 0 fully saturated rings. The molecule has 0 saturated heterocycles. The van der Waals surface area contributed by atoms with Gasteiger partial charge in [-0.15, -0.1) is 0 Å². The molecule has 0 aliphatic rings. The monoisotopic (exact) mass is 168 g/mol. The molecule has 1 aromatic heterocycles. The average molecular weight is 168 g/mol. The first-order chi connectivity index (χ1) is 5.77. The van der Waals surface area contributed by atoms with E-state index in [1.54, 1.807) is 0 Å². The van der Waals surface area contributed by atoms with E-state index in [4.69, 9.17) is 4.52 Å². The standard InChI is InChI=1S/C9H16N2O/c1-4-7(2)9-5-8(6-10-3)11-12-9/h5,7,10H,4,6H2,1-3H3. The summed E-state index contributed by atoms with van der Waals surface area (Å²) in [4.78, 5) is 0. The van der Waals surface area contributed by atoms with Crippen LogP contribution >= 0.6 is 0 Å². The minimum Gasteiger partial charge on any atom is -0.361 e. The zero-order valence-electron chi connectivity index (χ0n) is 7.92. The number of nitrogens with zero attached hydrogens (tertiary/aromatic N) is 1. The first-order valence-corrected chi connectivity index (χ1v) is 4.38. The number of hydrogen-bond acceptors (Lipinski definition) is 3. The van der Waals surface area contributed by atoms with Crippen LogP contribution in [0.4, 0.5) is 0 Å². The summed E-state index contributed by atoms with van der Waals surface area (Å²) in [6.45, 7) is 5.06. The van der Waals surface area contributed by atoms with Crippen molar-refractivity contribution in [1.82, 2.24) is 10.5 Å². The van der Waals surface area contributed by atoms with Crippen LogP contribution in [0, 0.1) is 0 Å². The van der Waals surface area contributed by atoms with Gasteiger partial charge in [-0.3, -0.25) is 0 Å². The summed E-state index contributed by atoms with van der Waals surface area (Å²) in [6, 6.07) is 2.02. The molecule has 12 heavy (non-hydrogen) atoms. The van der Waals surface area contributed by atoms with E-state index in [9.17, 15) is 0 Å². The zero-order valence-corrected chi connectivity index (χ0v) is 7.92. The molecule has 0 aromatic carbocycles. The molecule has 0 bridgehead atoms. The minimum atomic E-state index is 0.475. The summed E-state index contributed by atoms with van der Waals surface area (Å²) >= 11 is 0. The predicted octanol–water partition coefficient (Wildman–Crippen LogP) is 1.91. The number of aromatic nitrogens is 1. The predicted molar refractivity (Wildman–Crippen MR) is 48.0 cm³/mol. The quantitative estimate of drug-likeness (QED) is 0.746. The van der Waals surface area contributed by atoms with Gasteiger partial charge in [0.1, 0.15) is 5.76 Å². The van der Waals surface area contributed by atoms with Gasteiger partial charge < -0.3 is 9.84 Å². The van der Waals surface area contributed by atoms with Crippen molar-refractivity contribution in [3.63, 3.8) is 0 Å². The van der Waals surface area contributed by atoms with E-state index in [-0.39, 0.29) is 0 Å². The van der Waals surface area contributed by atoms with E-state index in [0.29, 0.717) is 5.92 Å². The zero-order chi connectivity index (χ0) is 8.97. The SMILES string of the molecule is CCC(C)c1cc(CNC)no1. The molecule has 0 amide bonds. The summed E-state index contributed by atoms with van der Waals surface area (Å²) in [5.41, 5.74) is 0.979. The Morgan fingerprint density at radius 3 is 3.00 bits per heavy atom. The average Bonchev–Trinajstić information content (AvgIpc) is 2.52. The highest BCUT2D eigenvalue weighted by atomic mass is 16.5. The van der Waals surface area contributed by atoms with Crippen molar-refractivity contribution in [3.8, 4) is 0 Å². The number of rotatable bonds is 4.